The number of anilines is 3. The highest BCUT2D eigenvalue weighted by Gasteiger charge is 2.25. The molecule has 0 unspecified atom stereocenters. The van der Waals surface area contributed by atoms with Gasteiger partial charge in [0, 0.05) is 35.5 Å². The lowest BCUT2D eigenvalue weighted by molar-refractivity contribution is 0.102. The number of ketones is 2. The third kappa shape index (κ3) is 13.0. The smallest absolute Gasteiger partial charge is 0.261 e. The molecule has 0 radical (unpaired) electrons. The molecular formula is C46H47Cl2N5O8S3. The van der Waals surface area contributed by atoms with Gasteiger partial charge >= 0.3 is 0 Å². The van der Waals surface area contributed by atoms with Crippen molar-refractivity contribution in [3.8, 4) is 0 Å². The Hall–Kier alpha value is -5.65. The van der Waals surface area contributed by atoms with E-state index in [4.69, 9.17) is 28.9 Å². The number of pyridine rings is 2. The SMILES string of the molecule is CC(C)(C)c1ccc(S(=O)(=O)Nc2cc(Cl)cnc2C(=O)c2cccc(CS(C)(=O)=O)c2)cc1.CC(C)(C)c1ccc(S(=O)(=O)Nc2cc(Cl)cnc2C(=O)c2cccc(N)c2)cc1. The normalized spacial score (nSPS) is 12.1. The Balaban J connectivity index is 0.000000243. The summed E-state index contributed by atoms with van der Waals surface area (Å²) in [6.07, 6.45) is 3.63. The Morgan fingerprint density at radius 1 is 0.578 bits per heavy atom. The van der Waals surface area contributed by atoms with E-state index in [1.54, 1.807) is 54.6 Å². The van der Waals surface area contributed by atoms with Crippen molar-refractivity contribution in [2.75, 3.05) is 21.4 Å². The highest BCUT2D eigenvalue weighted by molar-refractivity contribution is 7.93. The summed E-state index contributed by atoms with van der Waals surface area (Å²) in [4.78, 5) is 34.3. The number of benzene rings is 4. The van der Waals surface area contributed by atoms with Gasteiger partial charge in [0.25, 0.3) is 20.0 Å². The van der Waals surface area contributed by atoms with E-state index in [0.29, 0.717) is 16.8 Å². The van der Waals surface area contributed by atoms with E-state index in [0.717, 1.165) is 17.4 Å². The maximum Gasteiger partial charge on any atom is 0.261 e. The van der Waals surface area contributed by atoms with Crippen molar-refractivity contribution in [1.29, 1.82) is 0 Å². The average molecular weight is 965 g/mol. The van der Waals surface area contributed by atoms with Crippen LogP contribution in [0.3, 0.4) is 0 Å². The summed E-state index contributed by atoms with van der Waals surface area (Å²) in [5.74, 6) is -1.28. The molecule has 0 bridgehead atoms. The molecule has 336 valence electrons. The molecule has 0 aliphatic heterocycles. The third-order valence-corrected chi connectivity index (χ3v) is 13.5. The van der Waals surface area contributed by atoms with E-state index in [1.165, 1.54) is 67.0 Å². The molecule has 64 heavy (non-hydrogen) atoms. The van der Waals surface area contributed by atoms with Gasteiger partial charge < -0.3 is 5.73 Å². The maximum absolute atomic E-state index is 13.2. The van der Waals surface area contributed by atoms with Crippen LogP contribution < -0.4 is 15.2 Å². The topological polar surface area (TPSA) is 212 Å². The summed E-state index contributed by atoms with van der Waals surface area (Å²) < 4.78 is 80.0. The summed E-state index contributed by atoms with van der Waals surface area (Å²) in [5.41, 5.74) is 8.48. The Kier molecular flexibility index (Phi) is 14.8. The van der Waals surface area contributed by atoms with Crippen LogP contribution in [0.25, 0.3) is 0 Å². The molecule has 18 heteroatoms. The molecule has 4 aromatic carbocycles. The molecule has 0 aliphatic carbocycles. The molecule has 0 fully saturated rings. The predicted octanol–water partition coefficient (Wildman–Crippen LogP) is 9.26. The van der Waals surface area contributed by atoms with Gasteiger partial charge in [-0.1, -0.05) is 119 Å². The molecule has 6 aromatic rings. The number of carbonyl (C=O) groups excluding carboxylic acids is 2. The minimum absolute atomic E-state index is 0.00479. The van der Waals surface area contributed by atoms with Crippen molar-refractivity contribution in [2.45, 2.75) is 67.9 Å². The van der Waals surface area contributed by atoms with Crippen LogP contribution in [-0.4, -0.2) is 53.0 Å². The zero-order valence-electron chi connectivity index (χ0n) is 36.0. The fraction of sp³-hybridized carbons (Fsp3) is 0.217. The number of sulfone groups is 1. The fourth-order valence-corrected chi connectivity index (χ4v) is 9.35. The molecule has 0 spiro atoms. The Morgan fingerprint density at radius 2 is 0.969 bits per heavy atom. The average Bonchev–Trinajstić information content (AvgIpc) is 3.19. The fourth-order valence-electron chi connectivity index (χ4n) is 6.13. The van der Waals surface area contributed by atoms with Crippen molar-refractivity contribution >= 4 is 81.7 Å². The number of nitrogens with one attached hydrogen (secondary N) is 2. The van der Waals surface area contributed by atoms with E-state index in [9.17, 15) is 34.8 Å². The highest BCUT2D eigenvalue weighted by Crippen LogP contribution is 2.29. The first kappa shape index (κ1) is 49.4. The third-order valence-electron chi connectivity index (χ3n) is 9.46. The van der Waals surface area contributed by atoms with Crippen molar-refractivity contribution in [1.82, 2.24) is 9.97 Å². The molecule has 13 nitrogen and oxygen atoms in total. The number of carbonyl (C=O) groups is 2. The predicted molar refractivity (Wildman–Crippen MR) is 253 cm³/mol. The largest absolute Gasteiger partial charge is 0.399 e. The molecular weight excluding hydrogens is 918 g/mol. The van der Waals surface area contributed by atoms with Crippen LogP contribution in [0.1, 0.15) is 90.3 Å². The molecule has 0 saturated heterocycles. The summed E-state index contributed by atoms with van der Waals surface area (Å²) in [7, 11) is -11.3. The Labute approximate surface area is 384 Å². The van der Waals surface area contributed by atoms with E-state index in [-0.39, 0.29) is 64.7 Å². The number of sulfonamides is 2. The molecule has 0 aliphatic rings. The first-order valence-electron chi connectivity index (χ1n) is 19.4. The lowest BCUT2D eigenvalue weighted by atomic mass is 9.87. The first-order valence-corrected chi connectivity index (χ1v) is 25.2. The van der Waals surface area contributed by atoms with Gasteiger partial charge in [-0.25, -0.2) is 35.2 Å². The van der Waals surface area contributed by atoms with Gasteiger partial charge in [-0.15, -0.1) is 0 Å². The second-order valence-corrected chi connectivity index (χ2v) is 23.3. The second-order valence-electron chi connectivity index (χ2n) is 16.9. The van der Waals surface area contributed by atoms with E-state index >= 15 is 0 Å². The Morgan fingerprint density at radius 3 is 1.34 bits per heavy atom. The number of hydrogen-bond acceptors (Lipinski definition) is 11. The van der Waals surface area contributed by atoms with Crippen molar-refractivity contribution in [3.05, 3.63) is 171 Å². The molecule has 0 amide bonds. The summed E-state index contributed by atoms with van der Waals surface area (Å²) in [6, 6.07) is 28.2. The van der Waals surface area contributed by atoms with Crippen LogP contribution >= 0.6 is 23.2 Å². The number of nitrogens with two attached hydrogens (primary N) is 1. The maximum atomic E-state index is 13.2. The van der Waals surface area contributed by atoms with Crippen molar-refractivity contribution < 1.29 is 34.8 Å². The summed E-state index contributed by atoms with van der Waals surface area (Å²) in [5, 5.41) is 0.336. The Bertz CT molecular complexity index is 3060. The van der Waals surface area contributed by atoms with Crippen molar-refractivity contribution in [2.24, 2.45) is 0 Å². The number of rotatable bonds is 12. The minimum Gasteiger partial charge on any atom is -0.399 e. The molecule has 6 rings (SSSR count). The number of hydrogen-bond donors (Lipinski definition) is 3. The summed E-state index contributed by atoms with van der Waals surface area (Å²) >= 11 is 12.0. The van der Waals surface area contributed by atoms with Crippen LogP contribution in [0.4, 0.5) is 17.1 Å². The highest BCUT2D eigenvalue weighted by atomic mass is 35.5. The van der Waals surface area contributed by atoms with Gasteiger partial charge in [0.1, 0.15) is 11.4 Å². The van der Waals surface area contributed by atoms with Crippen molar-refractivity contribution in [3.63, 3.8) is 0 Å². The van der Waals surface area contributed by atoms with Gasteiger partial charge in [0.2, 0.25) is 11.6 Å². The molecule has 2 heterocycles. The van der Waals surface area contributed by atoms with Crippen LogP contribution in [-0.2, 0) is 46.5 Å². The molecule has 0 saturated carbocycles. The first-order chi connectivity index (χ1) is 29.6. The van der Waals surface area contributed by atoms with Crippen LogP contribution in [0, 0.1) is 0 Å². The lowest BCUT2D eigenvalue weighted by Crippen LogP contribution is -2.18. The van der Waals surface area contributed by atoms with Gasteiger partial charge in [-0.3, -0.25) is 19.0 Å². The number of aromatic nitrogens is 2. The number of nitrogens with zero attached hydrogens (tertiary/aromatic N) is 2. The molecule has 0 atom stereocenters. The summed E-state index contributed by atoms with van der Waals surface area (Å²) in [6.45, 7) is 12.2. The van der Waals surface area contributed by atoms with Gasteiger partial charge in [-0.2, -0.15) is 0 Å². The second kappa shape index (κ2) is 19.2. The number of nitrogen functional groups attached to an aromatic ring is 1. The zero-order chi connectivity index (χ0) is 47.4. The molecule has 4 N–H and O–H groups in total. The standard InChI is InChI=1S/C24H25ClN2O5S2.C22H22ClN3O3S/c1-24(2,3)18-8-10-20(11-9-18)34(31,32)27-21-13-19(25)14-26-22(21)23(28)17-7-5-6-16(12-17)15-33(4,29)30;1-22(2,3)15-7-9-18(10-8-15)30(28,29)26-19-12-16(23)13-25-20(19)21(27)14-5-4-6-17(24)11-14/h5-14,27H,15H2,1-4H3;4-13,26H,24H2,1-3H3. The van der Waals surface area contributed by atoms with E-state index in [1.807, 2.05) is 41.5 Å². The van der Waals surface area contributed by atoms with E-state index < -0.39 is 41.5 Å². The van der Waals surface area contributed by atoms with Crippen LogP contribution in [0.15, 0.2) is 131 Å². The number of halogens is 2. The molecule has 2 aromatic heterocycles. The van der Waals surface area contributed by atoms with Gasteiger partial charge in [0.05, 0.1) is 37.0 Å². The van der Waals surface area contributed by atoms with E-state index in [2.05, 4.69) is 19.4 Å². The van der Waals surface area contributed by atoms with Crippen LogP contribution in [0.5, 0.6) is 0 Å². The zero-order valence-corrected chi connectivity index (χ0v) is 39.9. The lowest BCUT2D eigenvalue weighted by Gasteiger charge is -2.19. The quantitative estimate of drug-likeness (QED) is 0.0777. The van der Waals surface area contributed by atoms with Gasteiger partial charge in [0.15, 0.2) is 9.84 Å². The van der Waals surface area contributed by atoms with Gasteiger partial charge in [-0.05, 0) is 82.1 Å². The van der Waals surface area contributed by atoms with Crippen LogP contribution in [0.2, 0.25) is 10.0 Å². The minimum atomic E-state index is -4.04. The monoisotopic (exact) mass is 963 g/mol.